The highest BCUT2D eigenvalue weighted by molar-refractivity contribution is 5.46. The van der Waals surface area contributed by atoms with E-state index in [0.29, 0.717) is 5.92 Å². The van der Waals surface area contributed by atoms with Crippen LogP contribution in [0, 0.1) is 29.4 Å². The third kappa shape index (κ3) is 5.10. The van der Waals surface area contributed by atoms with Gasteiger partial charge in [0.2, 0.25) is 0 Å². The molecule has 2 aromatic rings. The fraction of sp³-hybridized carbons (Fsp3) is 0.385. The maximum atomic E-state index is 14.6. The van der Waals surface area contributed by atoms with Gasteiger partial charge in [-0.2, -0.15) is 0 Å². The molecule has 2 heteroatoms. The van der Waals surface area contributed by atoms with Crippen LogP contribution in [-0.2, 0) is 6.42 Å². The monoisotopic (exact) mass is 378 g/mol. The summed E-state index contributed by atoms with van der Waals surface area (Å²) in [6, 6.07) is 10.9. The first-order valence-electron chi connectivity index (χ1n) is 10.3. The lowest BCUT2D eigenvalue weighted by atomic mass is 9.78. The fourth-order valence-corrected chi connectivity index (χ4v) is 3.91. The second-order valence-corrected chi connectivity index (χ2v) is 7.76. The molecule has 0 amide bonds. The topological polar surface area (TPSA) is 0 Å². The molecule has 0 aliphatic heterocycles. The van der Waals surface area contributed by atoms with Crippen molar-refractivity contribution in [1.82, 2.24) is 0 Å². The first-order chi connectivity index (χ1) is 13.6. The summed E-state index contributed by atoms with van der Waals surface area (Å²) >= 11 is 0. The molecule has 3 rings (SSSR count). The third-order valence-electron chi connectivity index (χ3n) is 5.75. The number of unbranched alkanes of at least 4 members (excludes halogenated alkanes) is 1. The number of allylic oxidation sites excluding steroid dienone is 1. The second-order valence-electron chi connectivity index (χ2n) is 7.76. The summed E-state index contributed by atoms with van der Waals surface area (Å²) in [4.78, 5) is 0. The molecule has 0 bridgehead atoms. The first kappa shape index (κ1) is 20.3. The van der Waals surface area contributed by atoms with Crippen molar-refractivity contribution in [3.63, 3.8) is 0 Å². The van der Waals surface area contributed by atoms with E-state index in [2.05, 4.69) is 25.3 Å². The molecular weight excluding hydrogens is 350 g/mol. The minimum atomic E-state index is -0.562. The van der Waals surface area contributed by atoms with Gasteiger partial charge in [-0.3, -0.25) is 0 Å². The maximum absolute atomic E-state index is 14.6. The molecule has 0 saturated heterocycles. The molecule has 146 valence electrons. The van der Waals surface area contributed by atoms with Crippen LogP contribution in [0.3, 0.4) is 0 Å². The van der Waals surface area contributed by atoms with E-state index in [1.807, 2.05) is 30.3 Å². The van der Waals surface area contributed by atoms with Crippen LogP contribution in [0.25, 0.3) is 0 Å². The lowest BCUT2D eigenvalue weighted by molar-refractivity contribution is 0.374. The van der Waals surface area contributed by atoms with E-state index in [4.69, 9.17) is 0 Å². The zero-order valence-corrected chi connectivity index (χ0v) is 16.6. The predicted octanol–water partition coefficient (Wildman–Crippen LogP) is 7.17. The Kier molecular flexibility index (Phi) is 7.04. The highest BCUT2D eigenvalue weighted by atomic mass is 19.1. The van der Waals surface area contributed by atoms with E-state index in [9.17, 15) is 8.78 Å². The molecule has 1 aliphatic carbocycles. The van der Waals surface area contributed by atoms with Crippen LogP contribution in [0.15, 0.2) is 49.1 Å². The molecule has 1 saturated carbocycles. The average Bonchev–Trinajstić information content (AvgIpc) is 2.72. The Balaban J connectivity index is 1.73. The highest BCUT2D eigenvalue weighted by Gasteiger charge is 2.22. The lowest BCUT2D eigenvalue weighted by Gasteiger charge is -2.27. The van der Waals surface area contributed by atoms with Crippen molar-refractivity contribution >= 4 is 0 Å². The minimum absolute atomic E-state index is 0.140. The smallest absolute Gasteiger partial charge is 0.142 e. The Bertz CT molecular complexity index is 837. The molecule has 0 unspecified atom stereocenters. The fourth-order valence-electron chi connectivity index (χ4n) is 3.91. The van der Waals surface area contributed by atoms with Crippen LogP contribution >= 0.6 is 0 Å². The molecule has 0 atom stereocenters. The van der Waals surface area contributed by atoms with E-state index in [0.717, 1.165) is 56.1 Å². The Morgan fingerprint density at radius 3 is 2.21 bits per heavy atom. The van der Waals surface area contributed by atoms with Gasteiger partial charge in [-0.15, -0.1) is 6.58 Å². The maximum Gasteiger partial charge on any atom is 0.142 e. The van der Waals surface area contributed by atoms with Gasteiger partial charge in [0.05, 0.1) is 5.56 Å². The molecule has 0 nitrogen and oxygen atoms in total. The van der Waals surface area contributed by atoms with Crippen molar-refractivity contribution in [3.05, 3.63) is 82.9 Å². The van der Waals surface area contributed by atoms with E-state index < -0.39 is 11.6 Å². The van der Waals surface area contributed by atoms with Crippen LogP contribution < -0.4 is 0 Å². The van der Waals surface area contributed by atoms with E-state index >= 15 is 0 Å². The Labute approximate surface area is 167 Å². The van der Waals surface area contributed by atoms with E-state index in [1.54, 1.807) is 0 Å². The van der Waals surface area contributed by atoms with Gasteiger partial charge in [0.15, 0.2) is 0 Å². The van der Waals surface area contributed by atoms with Crippen molar-refractivity contribution in [2.24, 2.45) is 5.92 Å². The van der Waals surface area contributed by atoms with Crippen LogP contribution in [0.5, 0.6) is 0 Å². The molecule has 0 spiro atoms. The zero-order valence-electron chi connectivity index (χ0n) is 16.6. The Morgan fingerprint density at radius 1 is 1.00 bits per heavy atom. The van der Waals surface area contributed by atoms with E-state index in [-0.39, 0.29) is 11.5 Å². The molecular formula is C26H28F2. The molecule has 0 N–H and O–H groups in total. The molecule has 28 heavy (non-hydrogen) atoms. The molecule has 0 heterocycles. The minimum Gasteiger partial charge on any atom is -0.206 e. The normalized spacial score (nSPS) is 19.0. The second kappa shape index (κ2) is 9.69. The summed E-state index contributed by atoms with van der Waals surface area (Å²) in [5, 5.41) is 0. The van der Waals surface area contributed by atoms with Gasteiger partial charge in [0, 0.05) is 5.56 Å². The standard InChI is InChI=1S/C26H28F2/c1-3-5-6-20-7-9-21(10-8-20)13-16-24-25(27)17-23(18-26(24)28)22-14-11-19(4-2)12-15-22/h4,7-10,17-19,22H,2-3,5-6,11-12,14-15H2,1H3. The highest BCUT2D eigenvalue weighted by Crippen LogP contribution is 2.37. The third-order valence-corrected chi connectivity index (χ3v) is 5.75. The summed E-state index contributed by atoms with van der Waals surface area (Å²) in [7, 11) is 0. The molecule has 0 aromatic heterocycles. The SMILES string of the molecule is C=CC1CCC(c2cc(F)c(C#Cc3ccc(CCCC)cc3)c(F)c2)CC1. The number of benzene rings is 2. The quantitative estimate of drug-likeness (QED) is 0.382. The van der Waals surface area contributed by atoms with Gasteiger partial charge in [0.1, 0.15) is 11.6 Å². The summed E-state index contributed by atoms with van der Waals surface area (Å²) in [6.45, 7) is 6.02. The zero-order chi connectivity index (χ0) is 19.9. The van der Waals surface area contributed by atoms with Gasteiger partial charge < -0.3 is 0 Å². The molecule has 1 fully saturated rings. The number of halogens is 2. The predicted molar refractivity (Wildman–Crippen MR) is 112 cm³/mol. The number of hydrogen-bond donors (Lipinski definition) is 0. The lowest BCUT2D eigenvalue weighted by Crippen LogP contribution is -2.12. The van der Waals surface area contributed by atoms with Crippen LogP contribution in [0.4, 0.5) is 8.78 Å². The molecule has 0 radical (unpaired) electrons. The van der Waals surface area contributed by atoms with Crippen molar-refractivity contribution in [2.75, 3.05) is 0 Å². The summed E-state index contributed by atoms with van der Waals surface area (Å²) in [5.41, 5.74) is 2.65. The average molecular weight is 379 g/mol. The largest absolute Gasteiger partial charge is 0.206 e. The van der Waals surface area contributed by atoms with Crippen molar-refractivity contribution < 1.29 is 8.78 Å². The number of rotatable bonds is 5. The van der Waals surface area contributed by atoms with Crippen molar-refractivity contribution in [3.8, 4) is 11.8 Å². The number of hydrogen-bond acceptors (Lipinski definition) is 0. The first-order valence-corrected chi connectivity index (χ1v) is 10.3. The van der Waals surface area contributed by atoms with Gasteiger partial charge >= 0.3 is 0 Å². The number of aryl methyl sites for hydroxylation is 1. The van der Waals surface area contributed by atoms with Gasteiger partial charge in [-0.25, -0.2) is 8.78 Å². The van der Waals surface area contributed by atoms with Gasteiger partial charge in [-0.1, -0.05) is 43.4 Å². The van der Waals surface area contributed by atoms with Crippen molar-refractivity contribution in [1.29, 1.82) is 0 Å². The van der Waals surface area contributed by atoms with Gasteiger partial charge in [-0.05, 0) is 85.8 Å². The van der Waals surface area contributed by atoms with Gasteiger partial charge in [0.25, 0.3) is 0 Å². The Morgan fingerprint density at radius 2 is 1.64 bits per heavy atom. The van der Waals surface area contributed by atoms with Crippen LogP contribution in [0.2, 0.25) is 0 Å². The Hall–Kier alpha value is -2.40. The van der Waals surface area contributed by atoms with Crippen LogP contribution in [0.1, 0.15) is 73.6 Å². The molecule has 2 aromatic carbocycles. The molecule has 1 aliphatic rings. The van der Waals surface area contributed by atoms with Crippen LogP contribution in [-0.4, -0.2) is 0 Å². The summed E-state index contributed by atoms with van der Waals surface area (Å²) < 4.78 is 29.1. The van der Waals surface area contributed by atoms with Crippen molar-refractivity contribution in [2.45, 2.75) is 57.8 Å². The summed E-state index contributed by atoms with van der Waals surface area (Å²) in [5.74, 6) is 5.22. The van der Waals surface area contributed by atoms with E-state index in [1.165, 1.54) is 17.7 Å². The summed E-state index contributed by atoms with van der Waals surface area (Å²) in [6.07, 6.45) is 9.32.